The van der Waals surface area contributed by atoms with Crippen LogP contribution in [-0.2, 0) is 0 Å². The fourth-order valence-corrected chi connectivity index (χ4v) is 1.65. The van der Waals surface area contributed by atoms with Crippen molar-refractivity contribution in [2.75, 3.05) is 6.54 Å². The minimum absolute atomic E-state index is 0.168. The Labute approximate surface area is 82.2 Å². The van der Waals surface area contributed by atoms with Gasteiger partial charge in [0.05, 0.1) is 6.54 Å². The van der Waals surface area contributed by atoms with E-state index in [1.165, 1.54) is 6.42 Å². The number of nitrogens with one attached hydrogen (secondary N) is 2. The quantitative estimate of drug-likeness (QED) is 0.727. The van der Waals surface area contributed by atoms with Gasteiger partial charge in [0.25, 0.3) is 6.43 Å². The molecule has 0 unspecified atom stereocenters. The Bertz CT molecular complexity index is 182. The number of hydrogen-bond acceptors (Lipinski definition) is 1. The minimum Gasteiger partial charge on any atom is -0.335 e. The van der Waals surface area contributed by atoms with E-state index in [0.717, 1.165) is 25.7 Å². The molecule has 1 saturated carbocycles. The molecule has 0 radical (unpaired) electrons. The second-order valence-corrected chi connectivity index (χ2v) is 3.58. The van der Waals surface area contributed by atoms with E-state index in [4.69, 9.17) is 0 Å². The summed E-state index contributed by atoms with van der Waals surface area (Å²) in [4.78, 5) is 11.1. The zero-order valence-electron chi connectivity index (χ0n) is 8.06. The van der Waals surface area contributed by atoms with Gasteiger partial charge in [-0.05, 0) is 12.8 Å². The molecule has 0 atom stereocenters. The predicted octanol–water partition coefficient (Wildman–Crippen LogP) is 1.88. The number of rotatable bonds is 3. The van der Waals surface area contributed by atoms with E-state index >= 15 is 0 Å². The normalized spacial score (nSPS) is 18.2. The second-order valence-electron chi connectivity index (χ2n) is 3.58. The third kappa shape index (κ3) is 4.39. The zero-order valence-corrected chi connectivity index (χ0v) is 8.06. The molecule has 0 aromatic heterocycles. The first-order valence-corrected chi connectivity index (χ1v) is 5.01. The standard InChI is InChI=1S/C9H16F2N2O/c10-8(11)6-12-9(14)13-7-4-2-1-3-5-7/h7-8H,1-6H2,(H2,12,13,14). The summed E-state index contributed by atoms with van der Waals surface area (Å²) in [5.74, 6) is 0. The lowest BCUT2D eigenvalue weighted by molar-refractivity contribution is 0.145. The maximum absolute atomic E-state index is 11.7. The second kappa shape index (κ2) is 5.78. The maximum atomic E-state index is 11.7. The van der Waals surface area contributed by atoms with Crippen LogP contribution < -0.4 is 10.6 Å². The Morgan fingerprint density at radius 1 is 1.29 bits per heavy atom. The van der Waals surface area contributed by atoms with Gasteiger partial charge in [-0.2, -0.15) is 0 Å². The van der Waals surface area contributed by atoms with Gasteiger partial charge in [-0.25, -0.2) is 13.6 Å². The zero-order chi connectivity index (χ0) is 10.4. The lowest BCUT2D eigenvalue weighted by atomic mass is 9.96. The highest BCUT2D eigenvalue weighted by Crippen LogP contribution is 2.16. The molecule has 0 aromatic rings. The Morgan fingerprint density at radius 3 is 2.50 bits per heavy atom. The Kier molecular flexibility index (Phi) is 4.62. The van der Waals surface area contributed by atoms with Crippen LogP contribution in [0.5, 0.6) is 0 Å². The van der Waals surface area contributed by atoms with E-state index in [1.54, 1.807) is 0 Å². The average molecular weight is 206 g/mol. The number of urea groups is 1. The molecule has 14 heavy (non-hydrogen) atoms. The van der Waals surface area contributed by atoms with Crippen LogP contribution in [-0.4, -0.2) is 25.0 Å². The molecule has 0 spiro atoms. The number of halogens is 2. The number of alkyl halides is 2. The smallest absolute Gasteiger partial charge is 0.315 e. The van der Waals surface area contributed by atoms with Gasteiger partial charge in [0.15, 0.2) is 0 Å². The van der Waals surface area contributed by atoms with E-state index < -0.39 is 19.0 Å². The van der Waals surface area contributed by atoms with E-state index in [0.29, 0.717) is 0 Å². The van der Waals surface area contributed by atoms with E-state index in [-0.39, 0.29) is 6.04 Å². The molecule has 2 amide bonds. The molecule has 0 saturated heterocycles. The summed E-state index contributed by atoms with van der Waals surface area (Å²) in [5, 5.41) is 4.82. The average Bonchev–Trinajstić information content (AvgIpc) is 2.16. The first-order valence-electron chi connectivity index (χ1n) is 5.01. The summed E-state index contributed by atoms with van der Waals surface area (Å²) in [6.45, 7) is -0.571. The Morgan fingerprint density at radius 2 is 1.93 bits per heavy atom. The van der Waals surface area contributed by atoms with Crippen molar-refractivity contribution in [2.24, 2.45) is 0 Å². The van der Waals surface area contributed by atoms with Crippen LogP contribution in [0.1, 0.15) is 32.1 Å². The molecule has 1 rings (SSSR count). The summed E-state index contributed by atoms with van der Waals surface area (Å²) in [7, 11) is 0. The molecule has 0 heterocycles. The summed E-state index contributed by atoms with van der Waals surface area (Å²) in [5.41, 5.74) is 0. The van der Waals surface area contributed by atoms with Crippen molar-refractivity contribution in [3.05, 3.63) is 0 Å². The van der Waals surface area contributed by atoms with Crippen LogP contribution in [0.15, 0.2) is 0 Å². The molecule has 2 N–H and O–H groups in total. The highest BCUT2D eigenvalue weighted by molar-refractivity contribution is 5.74. The Hall–Kier alpha value is -0.870. The first-order chi connectivity index (χ1) is 6.68. The summed E-state index contributed by atoms with van der Waals surface area (Å²) in [6, 6.07) is -0.307. The van der Waals surface area contributed by atoms with Gasteiger partial charge in [-0.3, -0.25) is 0 Å². The lowest BCUT2D eigenvalue weighted by Gasteiger charge is -2.22. The topological polar surface area (TPSA) is 41.1 Å². The SMILES string of the molecule is O=C(NCC(F)F)NC1CCCCC1. The molecular formula is C9H16F2N2O. The van der Waals surface area contributed by atoms with Crippen molar-refractivity contribution in [3.8, 4) is 0 Å². The predicted molar refractivity (Wildman–Crippen MR) is 49.4 cm³/mol. The van der Waals surface area contributed by atoms with Gasteiger partial charge in [0.2, 0.25) is 0 Å². The van der Waals surface area contributed by atoms with Crippen molar-refractivity contribution < 1.29 is 13.6 Å². The summed E-state index contributed by atoms with van der Waals surface area (Å²) < 4.78 is 23.5. The van der Waals surface area contributed by atoms with E-state index in [1.807, 2.05) is 0 Å². The van der Waals surface area contributed by atoms with Crippen LogP contribution >= 0.6 is 0 Å². The summed E-state index contributed by atoms with van der Waals surface area (Å²) in [6.07, 6.45) is 2.87. The highest BCUT2D eigenvalue weighted by Gasteiger charge is 2.15. The van der Waals surface area contributed by atoms with Crippen LogP contribution in [0.25, 0.3) is 0 Å². The van der Waals surface area contributed by atoms with Gasteiger partial charge in [0, 0.05) is 6.04 Å². The molecule has 3 nitrogen and oxygen atoms in total. The lowest BCUT2D eigenvalue weighted by Crippen LogP contribution is -2.44. The molecule has 1 fully saturated rings. The highest BCUT2D eigenvalue weighted by atomic mass is 19.3. The summed E-state index contributed by atoms with van der Waals surface area (Å²) >= 11 is 0. The fraction of sp³-hybridized carbons (Fsp3) is 0.889. The van der Waals surface area contributed by atoms with Crippen molar-refractivity contribution >= 4 is 6.03 Å². The molecule has 0 aliphatic heterocycles. The fourth-order valence-electron chi connectivity index (χ4n) is 1.65. The molecule has 5 heteroatoms. The van der Waals surface area contributed by atoms with Gasteiger partial charge >= 0.3 is 6.03 Å². The van der Waals surface area contributed by atoms with Crippen molar-refractivity contribution in [1.29, 1.82) is 0 Å². The third-order valence-corrected chi connectivity index (χ3v) is 2.36. The maximum Gasteiger partial charge on any atom is 0.315 e. The number of carbonyl (C=O) groups is 1. The van der Waals surface area contributed by atoms with Crippen LogP contribution in [0, 0.1) is 0 Å². The van der Waals surface area contributed by atoms with Crippen molar-refractivity contribution in [3.63, 3.8) is 0 Å². The van der Waals surface area contributed by atoms with Gasteiger partial charge in [-0.1, -0.05) is 19.3 Å². The van der Waals surface area contributed by atoms with Gasteiger partial charge in [0.1, 0.15) is 0 Å². The molecule has 1 aliphatic rings. The molecular weight excluding hydrogens is 190 g/mol. The largest absolute Gasteiger partial charge is 0.335 e. The van der Waals surface area contributed by atoms with Gasteiger partial charge in [-0.15, -0.1) is 0 Å². The van der Waals surface area contributed by atoms with E-state index in [2.05, 4.69) is 10.6 Å². The minimum atomic E-state index is -2.48. The number of carbonyl (C=O) groups excluding carboxylic acids is 1. The number of hydrogen-bond donors (Lipinski definition) is 2. The van der Waals surface area contributed by atoms with E-state index in [9.17, 15) is 13.6 Å². The first kappa shape index (κ1) is 11.2. The monoisotopic (exact) mass is 206 g/mol. The third-order valence-electron chi connectivity index (χ3n) is 2.36. The van der Waals surface area contributed by atoms with Crippen molar-refractivity contribution in [1.82, 2.24) is 10.6 Å². The molecule has 1 aliphatic carbocycles. The molecule has 82 valence electrons. The number of amides is 2. The van der Waals surface area contributed by atoms with Crippen molar-refractivity contribution in [2.45, 2.75) is 44.6 Å². The Balaban J connectivity index is 2.12. The van der Waals surface area contributed by atoms with Crippen LogP contribution in [0.4, 0.5) is 13.6 Å². The molecule has 0 aromatic carbocycles. The van der Waals surface area contributed by atoms with Crippen LogP contribution in [0.3, 0.4) is 0 Å². The molecule has 0 bridgehead atoms. The van der Waals surface area contributed by atoms with Crippen LogP contribution in [0.2, 0.25) is 0 Å². The van der Waals surface area contributed by atoms with Gasteiger partial charge < -0.3 is 10.6 Å².